The molecule has 7 nitrogen and oxygen atoms in total. The number of aromatic nitrogens is 3. The van der Waals surface area contributed by atoms with Crippen molar-refractivity contribution in [3.05, 3.63) is 23.5 Å². The van der Waals surface area contributed by atoms with E-state index >= 15 is 0 Å². The lowest BCUT2D eigenvalue weighted by Crippen LogP contribution is -2.52. The lowest BCUT2D eigenvalue weighted by molar-refractivity contribution is 0.00178. The van der Waals surface area contributed by atoms with Gasteiger partial charge in [0.05, 0.1) is 28.4 Å². The second-order valence-corrected chi connectivity index (χ2v) is 6.64. The van der Waals surface area contributed by atoms with Gasteiger partial charge in [-0.25, -0.2) is 8.78 Å². The van der Waals surface area contributed by atoms with Gasteiger partial charge in [-0.05, 0) is 18.6 Å². The molecule has 0 spiro atoms. The predicted molar refractivity (Wildman–Crippen MR) is 96.7 cm³/mol. The molecule has 3 rings (SSSR count). The Hall–Kier alpha value is -2.55. The van der Waals surface area contributed by atoms with E-state index in [-0.39, 0.29) is 6.10 Å². The number of nitrogens with two attached hydrogens (primary N) is 1. The number of methoxy groups -OCH3 is 1. The van der Waals surface area contributed by atoms with Crippen LogP contribution in [0.3, 0.4) is 0 Å². The first-order valence-corrected chi connectivity index (χ1v) is 8.23. The molecule has 0 aliphatic carbocycles. The van der Waals surface area contributed by atoms with Crippen LogP contribution in [0.4, 0.5) is 14.6 Å². The lowest BCUT2D eigenvalue weighted by Gasteiger charge is -2.38. The van der Waals surface area contributed by atoms with E-state index in [0.717, 1.165) is 13.1 Å². The predicted octanol–water partition coefficient (Wildman–Crippen LogP) is 2.26. The molecular weight excluding hydrogens is 342 g/mol. The van der Waals surface area contributed by atoms with Gasteiger partial charge in [-0.2, -0.15) is 5.10 Å². The minimum Gasteiger partial charge on any atom is -0.397 e. The van der Waals surface area contributed by atoms with Crippen molar-refractivity contribution in [3.63, 3.8) is 0 Å². The third kappa shape index (κ3) is 3.39. The van der Waals surface area contributed by atoms with E-state index in [2.05, 4.69) is 10.1 Å². The fourth-order valence-corrected chi connectivity index (χ4v) is 2.86. The topological polar surface area (TPSA) is 93.0 Å². The molecule has 0 amide bonds. The van der Waals surface area contributed by atoms with Crippen molar-refractivity contribution < 1.29 is 13.5 Å². The van der Waals surface area contributed by atoms with Gasteiger partial charge in [-0.3, -0.25) is 9.67 Å². The monoisotopic (exact) mass is 364 g/mol. The molecular formula is C17H22F2N6O. The highest BCUT2D eigenvalue weighted by Crippen LogP contribution is 2.32. The summed E-state index contributed by atoms with van der Waals surface area (Å²) in [5, 5.41) is 12.4. The first-order chi connectivity index (χ1) is 12.2. The number of hydrogen-bond acceptors (Lipinski definition) is 6. The molecule has 2 aromatic heterocycles. The van der Waals surface area contributed by atoms with E-state index in [1.54, 1.807) is 26.3 Å². The highest BCUT2D eigenvalue weighted by Gasteiger charge is 2.32. The standard InChI is InChI=1S/C17H22F2N6O/c1-10(5-20)15(21)13-4-14-12(6-22-13)16(24-7-11(8-24)26-3)23-25(14)9-17(2,18)19/h4-6,11,20H,7-9,21H2,1-3H3/b15-10-,20-5?. The van der Waals surface area contributed by atoms with Crippen LogP contribution in [0.5, 0.6) is 0 Å². The van der Waals surface area contributed by atoms with E-state index in [1.807, 2.05) is 4.90 Å². The molecule has 0 aromatic carbocycles. The van der Waals surface area contributed by atoms with Gasteiger partial charge in [0, 0.05) is 39.5 Å². The van der Waals surface area contributed by atoms with Crippen molar-refractivity contribution in [1.29, 1.82) is 5.41 Å². The molecule has 0 bridgehead atoms. The third-order valence-corrected chi connectivity index (χ3v) is 4.44. The van der Waals surface area contributed by atoms with Crippen LogP contribution in [-0.2, 0) is 11.3 Å². The average molecular weight is 364 g/mol. The molecule has 0 radical (unpaired) electrons. The van der Waals surface area contributed by atoms with E-state index < -0.39 is 12.5 Å². The minimum absolute atomic E-state index is 0.115. The maximum Gasteiger partial charge on any atom is 0.264 e. The molecule has 0 unspecified atom stereocenters. The third-order valence-electron chi connectivity index (χ3n) is 4.44. The highest BCUT2D eigenvalue weighted by molar-refractivity contribution is 5.93. The zero-order chi connectivity index (χ0) is 19.1. The lowest BCUT2D eigenvalue weighted by atomic mass is 10.1. The van der Waals surface area contributed by atoms with Gasteiger partial charge in [0.2, 0.25) is 0 Å². The molecule has 1 fully saturated rings. The summed E-state index contributed by atoms with van der Waals surface area (Å²) in [6.45, 7) is 3.33. The summed E-state index contributed by atoms with van der Waals surface area (Å²) in [5.74, 6) is -2.29. The van der Waals surface area contributed by atoms with Crippen molar-refractivity contribution >= 4 is 28.6 Å². The molecule has 0 saturated carbocycles. The van der Waals surface area contributed by atoms with Crippen molar-refractivity contribution in [3.8, 4) is 0 Å². The minimum atomic E-state index is -2.91. The smallest absolute Gasteiger partial charge is 0.264 e. The maximum absolute atomic E-state index is 13.6. The Morgan fingerprint density at radius 2 is 2.19 bits per heavy atom. The van der Waals surface area contributed by atoms with Gasteiger partial charge in [0.25, 0.3) is 5.92 Å². The number of fused-ring (bicyclic) bond motifs is 1. The number of rotatable bonds is 6. The Morgan fingerprint density at radius 1 is 1.50 bits per heavy atom. The number of allylic oxidation sites excluding steroid dienone is 1. The number of alkyl halides is 2. The van der Waals surface area contributed by atoms with Crippen LogP contribution in [0.15, 0.2) is 17.8 Å². The largest absolute Gasteiger partial charge is 0.397 e. The summed E-state index contributed by atoms with van der Waals surface area (Å²) >= 11 is 0. The zero-order valence-corrected chi connectivity index (χ0v) is 15.0. The number of pyridine rings is 1. The Morgan fingerprint density at radius 3 is 2.77 bits per heavy atom. The fourth-order valence-electron chi connectivity index (χ4n) is 2.86. The number of nitrogens with zero attached hydrogens (tertiary/aromatic N) is 4. The van der Waals surface area contributed by atoms with Crippen LogP contribution in [0, 0.1) is 5.41 Å². The van der Waals surface area contributed by atoms with Gasteiger partial charge in [-0.15, -0.1) is 0 Å². The number of halogens is 2. The van der Waals surface area contributed by atoms with E-state index in [0.29, 0.717) is 46.8 Å². The summed E-state index contributed by atoms with van der Waals surface area (Å²) in [5.41, 5.74) is 7.87. The number of nitrogens with one attached hydrogen (secondary N) is 1. The van der Waals surface area contributed by atoms with Crippen LogP contribution in [0.25, 0.3) is 16.6 Å². The first-order valence-electron chi connectivity index (χ1n) is 8.23. The van der Waals surface area contributed by atoms with Crippen LogP contribution in [0.2, 0.25) is 0 Å². The van der Waals surface area contributed by atoms with Gasteiger partial charge in [0.15, 0.2) is 5.82 Å². The van der Waals surface area contributed by atoms with E-state index in [1.165, 1.54) is 4.68 Å². The Kier molecular flexibility index (Phi) is 4.66. The molecule has 9 heteroatoms. The average Bonchev–Trinajstić information content (AvgIpc) is 2.88. The summed E-state index contributed by atoms with van der Waals surface area (Å²) < 4.78 is 33.8. The maximum atomic E-state index is 13.6. The van der Waals surface area contributed by atoms with Gasteiger partial charge >= 0.3 is 0 Å². The van der Waals surface area contributed by atoms with Crippen LogP contribution in [-0.4, -0.2) is 53.2 Å². The van der Waals surface area contributed by atoms with Gasteiger partial charge in [-0.1, -0.05) is 0 Å². The molecule has 2 aromatic rings. The second-order valence-electron chi connectivity index (χ2n) is 6.64. The Labute approximate surface area is 149 Å². The second kappa shape index (κ2) is 6.64. The molecule has 0 atom stereocenters. The Balaban J connectivity index is 2.09. The van der Waals surface area contributed by atoms with Crippen LogP contribution >= 0.6 is 0 Å². The summed E-state index contributed by atoms with van der Waals surface area (Å²) in [7, 11) is 1.64. The Bertz CT molecular complexity index is 864. The number of hydrogen-bond donors (Lipinski definition) is 2. The van der Waals surface area contributed by atoms with Crippen molar-refractivity contribution in [2.75, 3.05) is 25.1 Å². The molecule has 3 N–H and O–H groups in total. The molecule has 3 heterocycles. The summed E-state index contributed by atoms with van der Waals surface area (Å²) in [6, 6.07) is 1.65. The molecule has 140 valence electrons. The summed E-state index contributed by atoms with van der Waals surface area (Å²) in [6.07, 6.45) is 2.85. The van der Waals surface area contributed by atoms with Crippen molar-refractivity contribution in [2.45, 2.75) is 32.4 Å². The molecule has 1 aliphatic rings. The van der Waals surface area contributed by atoms with Crippen LogP contribution in [0.1, 0.15) is 19.5 Å². The number of ether oxygens (including phenoxy) is 1. The van der Waals surface area contributed by atoms with Gasteiger partial charge < -0.3 is 20.8 Å². The first kappa shape index (κ1) is 18.2. The zero-order valence-electron chi connectivity index (χ0n) is 15.0. The number of anilines is 1. The SMILES string of the molecule is COC1CN(c2nn(CC(C)(F)F)c3cc(/C(N)=C(\C)C=N)ncc23)C1. The highest BCUT2D eigenvalue weighted by atomic mass is 19.3. The normalized spacial score (nSPS) is 16.6. The fraction of sp³-hybridized carbons (Fsp3) is 0.471. The van der Waals surface area contributed by atoms with Crippen molar-refractivity contribution in [1.82, 2.24) is 14.8 Å². The molecule has 1 aliphatic heterocycles. The molecule has 26 heavy (non-hydrogen) atoms. The van der Waals surface area contributed by atoms with Crippen molar-refractivity contribution in [2.24, 2.45) is 5.73 Å². The summed E-state index contributed by atoms with van der Waals surface area (Å²) in [4.78, 5) is 6.32. The van der Waals surface area contributed by atoms with E-state index in [4.69, 9.17) is 15.9 Å². The van der Waals surface area contributed by atoms with Gasteiger partial charge in [0.1, 0.15) is 6.54 Å². The quantitative estimate of drug-likeness (QED) is 0.767. The molecule has 1 saturated heterocycles. The van der Waals surface area contributed by atoms with E-state index in [9.17, 15) is 8.78 Å². The van der Waals surface area contributed by atoms with Crippen LogP contribution < -0.4 is 10.6 Å².